The number of para-hydroxylation sites is 1. The Morgan fingerprint density at radius 1 is 1.23 bits per heavy atom. The first-order valence-corrected chi connectivity index (χ1v) is 10.5. The maximum absolute atomic E-state index is 12.5. The van der Waals surface area contributed by atoms with Crippen LogP contribution in [0.25, 0.3) is 11.6 Å². The molecule has 0 saturated heterocycles. The maximum atomic E-state index is 12.5. The largest absolute Gasteiger partial charge is 0.461 e. The lowest BCUT2D eigenvalue weighted by Crippen LogP contribution is -2.27. The fourth-order valence-corrected chi connectivity index (χ4v) is 3.62. The third kappa shape index (κ3) is 4.62. The summed E-state index contributed by atoms with van der Waals surface area (Å²) in [5.41, 5.74) is 0.947. The summed E-state index contributed by atoms with van der Waals surface area (Å²) < 4.78 is 7.24. The van der Waals surface area contributed by atoms with Gasteiger partial charge in [-0.1, -0.05) is 30.0 Å². The molecule has 2 aromatic heterocycles. The minimum Gasteiger partial charge on any atom is -0.461 e. The molecule has 9 heteroatoms. The second-order valence-electron chi connectivity index (χ2n) is 6.81. The van der Waals surface area contributed by atoms with Crippen LogP contribution in [-0.4, -0.2) is 38.4 Å². The van der Waals surface area contributed by atoms with Crippen LogP contribution in [-0.2, 0) is 11.3 Å². The van der Waals surface area contributed by atoms with Crippen LogP contribution >= 0.6 is 11.8 Å². The number of furan rings is 1. The fourth-order valence-electron chi connectivity index (χ4n) is 2.87. The molecule has 2 heterocycles. The van der Waals surface area contributed by atoms with E-state index in [-0.39, 0.29) is 23.6 Å². The lowest BCUT2D eigenvalue weighted by molar-refractivity contribution is -0.113. The average Bonchev–Trinajstić information content (AvgIpc) is 3.23. The molecule has 0 atom stereocenters. The zero-order chi connectivity index (χ0) is 20.9. The SMILES string of the molecule is C=CCn1c(SCC(=O)Nc2ccccc2C(=O)NC2CC2)nnc1-c1ccco1. The molecule has 8 nitrogen and oxygen atoms in total. The molecule has 1 aromatic carbocycles. The molecule has 1 aliphatic rings. The van der Waals surface area contributed by atoms with Crippen LogP contribution in [0.1, 0.15) is 23.2 Å². The number of amides is 2. The van der Waals surface area contributed by atoms with Crippen LogP contribution in [0.2, 0.25) is 0 Å². The number of carbonyl (C=O) groups excluding carboxylic acids is 2. The van der Waals surface area contributed by atoms with Crippen molar-refractivity contribution in [1.29, 1.82) is 0 Å². The molecule has 1 aliphatic carbocycles. The molecular formula is C21H21N5O3S. The van der Waals surface area contributed by atoms with Crippen molar-refractivity contribution in [3.05, 3.63) is 60.9 Å². The summed E-state index contributed by atoms with van der Waals surface area (Å²) in [5, 5.41) is 14.7. The summed E-state index contributed by atoms with van der Waals surface area (Å²) in [6.45, 7) is 4.25. The minimum absolute atomic E-state index is 0.117. The van der Waals surface area contributed by atoms with E-state index in [2.05, 4.69) is 27.4 Å². The van der Waals surface area contributed by atoms with Crippen LogP contribution in [0.5, 0.6) is 0 Å². The Morgan fingerprint density at radius 2 is 2.07 bits per heavy atom. The lowest BCUT2D eigenvalue weighted by atomic mass is 10.1. The number of anilines is 1. The van der Waals surface area contributed by atoms with Gasteiger partial charge in [-0.05, 0) is 37.1 Å². The maximum Gasteiger partial charge on any atom is 0.253 e. The van der Waals surface area contributed by atoms with E-state index in [4.69, 9.17) is 4.42 Å². The second kappa shape index (κ2) is 9.00. The quantitative estimate of drug-likeness (QED) is 0.404. The van der Waals surface area contributed by atoms with E-state index in [1.54, 1.807) is 48.7 Å². The summed E-state index contributed by atoms with van der Waals surface area (Å²) in [6, 6.07) is 10.8. The third-order valence-corrected chi connectivity index (χ3v) is 5.43. The normalized spacial score (nSPS) is 13.1. The molecule has 3 aromatic rings. The van der Waals surface area contributed by atoms with E-state index in [0.717, 1.165) is 12.8 Å². The summed E-state index contributed by atoms with van der Waals surface area (Å²) in [4.78, 5) is 24.9. The Balaban J connectivity index is 1.42. The molecule has 0 bridgehead atoms. The van der Waals surface area contributed by atoms with Crippen molar-refractivity contribution in [2.45, 2.75) is 30.6 Å². The number of benzene rings is 1. The zero-order valence-electron chi connectivity index (χ0n) is 16.2. The number of rotatable bonds is 9. The summed E-state index contributed by atoms with van der Waals surface area (Å²) >= 11 is 1.25. The Morgan fingerprint density at radius 3 is 2.80 bits per heavy atom. The molecule has 1 saturated carbocycles. The van der Waals surface area contributed by atoms with Gasteiger partial charge in [0.2, 0.25) is 11.7 Å². The minimum atomic E-state index is -0.237. The van der Waals surface area contributed by atoms with Crippen LogP contribution in [0.4, 0.5) is 5.69 Å². The number of aromatic nitrogens is 3. The van der Waals surface area contributed by atoms with Gasteiger partial charge in [0.25, 0.3) is 5.91 Å². The number of nitrogens with zero attached hydrogens (tertiary/aromatic N) is 3. The number of thioether (sulfide) groups is 1. The Hall–Kier alpha value is -3.33. The van der Waals surface area contributed by atoms with Gasteiger partial charge in [0.1, 0.15) is 0 Å². The monoisotopic (exact) mass is 423 g/mol. The van der Waals surface area contributed by atoms with Crippen LogP contribution in [0.15, 0.2) is 64.9 Å². The number of carbonyl (C=O) groups is 2. The Kier molecular flexibility index (Phi) is 5.99. The van der Waals surface area contributed by atoms with Crippen molar-refractivity contribution >= 4 is 29.3 Å². The van der Waals surface area contributed by atoms with E-state index in [0.29, 0.717) is 34.5 Å². The zero-order valence-corrected chi connectivity index (χ0v) is 17.0. The summed E-state index contributed by atoms with van der Waals surface area (Å²) in [7, 11) is 0. The molecule has 2 N–H and O–H groups in total. The standard InChI is InChI=1S/C21H21N5O3S/c1-2-11-26-19(17-8-5-12-29-17)24-25-21(26)30-13-18(27)23-16-7-4-3-6-15(16)20(28)22-14-9-10-14/h2-8,12,14H,1,9-11,13H2,(H,22,28)(H,23,27). The first kappa shape index (κ1) is 20.0. The lowest BCUT2D eigenvalue weighted by Gasteiger charge is -2.11. The fraction of sp³-hybridized carbons (Fsp3) is 0.238. The van der Waals surface area contributed by atoms with Gasteiger partial charge < -0.3 is 15.1 Å². The van der Waals surface area contributed by atoms with E-state index in [9.17, 15) is 9.59 Å². The van der Waals surface area contributed by atoms with E-state index < -0.39 is 0 Å². The third-order valence-electron chi connectivity index (χ3n) is 4.46. The van der Waals surface area contributed by atoms with Crippen molar-refractivity contribution in [3.8, 4) is 11.6 Å². The van der Waals surface area contributed by atoms with Crippen LogP contribution < -0.4 is 10.6 Å². The highest BCUT2D eigenvalue weighted by Crippen LogP contribution is 2.25. The predicted octanol–water partition coefficient (Wildman–Crippen LogP) is 3.35. The van der Waals surface area contributed by atoms with Gasteiger partial charge in [-0.15, -0.1) is 16.8 Å². The van der Waals surface area contributed by atoms with Gasteiger partial charge in [-0.3, -0.25) is 14.2 Å². The molecule has 0 unspecified atom stereocenters. The topological polar surface area (TPSA) is 102 Å². The molecule has 154 valence electrons. The first-order chi connectivity index (χ1) is 14.7. The molecule has 2 amide bonds. The van der Waals surface area contributed by atoms with Crippen molar-refractivity contribution in [2.75, 3.05) is 11.1 Å². The number of hydrogen-bond acceptors (Lipinski definition) is 6. The Bertz CT molecular complexity index is 1060. The van der Waals surface area contributed by atoms with Gasteiger partial charge in [0, 0.05) is 12.6 Å². The first-order valence-electron chi connectivity index (χ1n) is 9.56. The predicted molar refractivity (Wildman–Crippen MR) is 114 cm³/mol. The average molecular weight is 423 g/mol. The van der Waals surface area contributed by atoms with Crippen LogP contribution in [0, 0.1) is 0 Å². The number of allylic oxidation sites excluding steroid dienone is 1. The molecular weight excluding hydrogens is 402 g/mol. The molecule has 0 spiro atoms. The second-order valence-corrected chi connectivity index (χ2v) is 7.76. The highest BCUT2D eigenvalue weighted by molar-refractivity contribution is 7.99. The van der Waals surface area contributed by atoms with Gasteiger partial charge in [0.05, 0.1) is 23.3 Å². The van der Waals surface area contributed by atoms with Crippen molar-refractivity contribution in [2.24, 2.45) is 0 Å². The molecule has 0 aliphatic heterocycles. The smallest absolute Gasteiger partial charge is 0.253 e. The van der Waals surface area contributed by atoms with E-state index in [1.165, 1.54) is 11.8 Å². The molecule has 0 radical (unpaired) electrons. The number of nitrogens with one attached hydrogen (secondary N) is 2. The van der Waals surface area contributed by atoms with Gasteiger partial charge in [0.15, 0.2) is 10.9 Å². The van der Waals surface area contributed by atoms with Crippen molar-refractivity contribution < 1.29 is 14.0 Å². The highest BCUT2D eigenvalue weighted by Gasteiger charge is 2.25. The molecule has 30 heavy (non-hydrogen) atoms. The highest BCUT2D eigenvalue weighted by atomic mass is 32.2. The molecule has 1 fully saturated rings. The van der Waals surface area contributed by atoms with E-state index >= 15 is 0 Å². The van der Waals surface area contributed by atoms with Gasteiger partial charge in [-0.2, -0.15) is 0 Å². The van der Waals surface area contributed by atoms with E-state index in [1.807, 2.05) is 4.57 Å². The molecule has 4 rings (SSSR count). The van der Waals surface area contributed by atoms with Crippen molar-refractivity contribution in [1.82, 2.24) is 20.1 Å². The summed E-state index contributed by atoms with van der Waals surface area (Å²) in [6.07, 6.45) is 5.30. The van der Waals surface area contributed by atoms with Gasteiger partial charge >= 0.3 is 0 Å². The summed E-state index contributed by atoms with van der Waals surface area (Å²) in [5.74, 6) is 0.877. The van der Waals surface area contributed by atoms with Gasteiger partial charge in [-0.25, -0.2) is 0 Å². The Labute approximate surface area is 177 Å². The number of hydrogen-bond donors (Lipinski definition) is 2. The van der Waals surface area contributed by atoms with Crippen LogP contribution in [0.3, 0.4) is 0 Å². The van der Waals surface area contributed by atoms with Crippen molar-refractivity contribution in [3.63, 3.8) is 0 Å².